The lowest BCUT2D eigenvalue weighted by molar-refractivity contribution is 0.0685. The third-order valence-electron chi connectivity index (χ3n) is 20.5. The van der Waals surface area contributed by atoms with Crippen LogP contribution in [-0.4, -0.2) is 62.0 Å². The number of fused-ring (bicyclic) bond motifs is 16. The highest BCUT2D eigenvalue weighted by Gasteiger charge is 2.24. The summed E-state index contributed by atoms with van der Waals surface area (Å²) in [4.78, 5) is 64.0. The van der Waals surface area contributed by atoms with Gasteiger partial charge in [0.05, 0.1) is 56.7 Å². The smallest absolute Gasteiger partial charge is 0.335 e. The van der Waals surface area contributed by atoms with Crippen LogP contribution in [0, 0.1) is 0 Å². The molecule has 8 aromatic carbocycles. The lowest BCUT2D eigenvalue weighted by Crippen LogP contribution is -2.04. The molecule has 6 aromatic heterocycles. The molecule has 4 aliphatic heterocycles. The van der Waals surface area contributed by atoms with Crippen LogP contribution in [0.15, 0.2) is 267 Å². The molecular formula is C95H68N8O4. The van der Waals surface area contributed by atoms with E-state index in [1.807, 2.05) is 109 Å². The van der Waals surface area contributed by atoms with Crippen molar-refractivity contribution >= 4 is 105 Å². The summed E-state index contributed by atoms with van der Waals surface area (Å²) in [5.41, 5.74) is 29.6. The number of nitrogens with zero attached hydrogens (tertiary/aromatic N) is 4. The second-order valence-corrected chi connectivity index (χ2v) is 27.1. The van der Waals surface area contributed by atoms with Crippen molar-refractivity contribution in [3.63, 3.8) is 0 Å². The molecule has 0 aliphatic carbocycles. The number of nitrogens with one attached hydrogen (secondary N) is 4. The largest absolute Gasteiger partial charge is 0.478 e. The van der Waals surface area contributed by atoms with Gasteiger partial charge in [-0.15, -0.1) is 0 Å². The van der Waals surface area contributed by atoms with E-state index in [2.05, 4.69) is 214 Å². The summed E-state index contributed by atoms with van der Waals surface area (Å²) in [6, 6.07) is 90.0. The van der Waals surface area contributed by atoms with Crippen molar-refractivity contribution in [2.45, 2.75) is 32.1 Å². The Morgan fingerprint density at radius 3 is 0.626 bits per heavy atom. The van der Waals surface area contributed by atoms with E-state index in [0.717, 1.165) is 167 Å². The summed E-state index contributed by atoms with van der Waals surface area (Å²) in [5.74, 6) is -2.04. The summed E-state index contributed by atoms with van der Waals surface area (Å²) >= 11 is 0. The van der Waals surface area contributed by atoms with Crippen molar-refractivity contribution in [3.05, 3.63) is 335 Å². The zero-order valence-corrected chi connectivity index (χ0v) is 58.1. The second-order valence-electron chi connectivity index (χ2n) is 27.1. The molecule has 0 saturated carbocycles. The van der Waals surface area contributed by atoms with Crippen LogP contribution in [0.4, 0.5) is 0 Å². The molecule has 14 aromatic rings. The molecule has 0 unspecified atom stereocenters. The number of aromatic carboxylic acids is 2. The van der Waals surface area contributed by atoms with Crippen molar-refractivity contribution < 1.29 is 19.8 Å². The molecule has 0 radical (unpaired) electrons. The normalized spacial score (nSPS) is 12.1. The van der Waals surface area contributed by atoms with Crippen molar-refractivity contribution in [2.24, 2.45) is 0 Å². The van der Waals surface area contributed by atoms with Crippen LogP contribution in [0.2, 0.25) is 0 Å². The van der Waals surface area contributed by atoms with Gasteiger partial charge in [0.25, 0.3) is 0 Å². The highest BCUT2D eigenvalue weighted by atomic mass is 16.4. The zero-order chi connectivity index (χ0) is 71.9. The Labute approximate surface area is 616 Å². The van der Waals surface area contributed by atoms with Gasteiger partial charge in [0.15, 0.2) is 0 Å². The third-order valence-corrected chi connectivity index (χ3v) is 20.5. The number of benzene rings is 8. The fourth-order valence-corrected chi connectivity index (χ4v) is 15.6. The Hall–Kier alpha value is -14.1. The lowest BCUT2D eigenvalue weighted by Gasteiger charge is -2.12. The Morgan fingerprint density at radius 2 is 0.430 bits per heavy atom. The fourth-order valence-electron chi connectivity index (χ4n) is 15.6. The number of aromatic nitrogens is 8. The number of unbranched alkanes of at least 4 members (excludes halogenated alkanes) is 2. The van der Waals surface area contributed by atoms with E-state index < -0.39 is 11.9 Å². The topological polar surface area (TPSA) is 189 Å². The third kappa shape index (κ3) is 12.5. The summed E-state index contributed by atoms with van der Waals surface area (Å²) in [5, 5.41) is 21.8. The predicted molar refractivity (Wildman–Crippen MR) is 436 cm³/mol. The number of H-pyrrole nitrogens is 4. The summed E-state index contributed by atoms with van der Waals surface area (Å²) < 4.78 is 0. The van der Waals surface area contributed by atoms with Gasteiger partial charge in [0.1, 0.15) is 0 Å². The molecule has 6 N–H and O–H groups in total. The number of aryl methyl sites for hydroxylation is 2. The number of rotatable bonds is 16. The summed E-state index contributed by atoms with van der Waals surface area (Å²) in [6.07, 6.45) is 19.4. The van der Waals surface area contributed by atoms with Crippen molar-refractivity contribution in [2.75, 3.05) is 0 Å². The first kappa shape index (κ1) is 65.0. The summed E-state index contributed by atoms with van der Waals surface area (Å²) in [6.45, 7) is 0. The number of aromatic amines is 4. The molecule has 10 heterocycles. The predicted octanol–water partition coefficient (Wildman–Crippen LogP) is 23.3. The number of carboxylic acids is 2. The second kappa shape index (κ2) is 27.9. The van der Waals surface area contributed by atoms with Crippen LogP contribution in [0.5, 0.6) is 0 Å². The van der Waals surface area contributed by atoms with Gasteiger partial charge in [-0.1, -0.05) is 213 Å². The van der Waals surface area contributed by atoms with Gasteiger partial charge in [-0.2, -0.15) is 0 Å². The molecule has 0 amide bonds. The molecule has 0 saturated heterocycles. The first-order valence-electron chi connectivity index (χ1n) is 36.1. The van der Waals surface area contributed by atoms with E-state index in [1.165, 1.54) is 0 Å². The van der Waals surface area contributed by atoms with Gasteiger partial charge >= 0.3 is 11.9 Å². The van der Waals surface area contributed by atoms with E-state index >= 15 is 0 Å². The Balaban J connectivity index is 0.729. The van der Waals surface area contributed by atoms with Crippen molar-refractivity contribution in [1.82, 2.24) is 39.9 Å². The Kier molecular flexibility index (Phi) is 17.0. The van der Waals surface area contributed by atoms with Crippen LogP contribution in [0.25, 0.3) is 182 Å². The first-order chi connectivity index (χ1) is 52.7. The van der Waals surface area contributed by atoms with Gasteiger partial charge in [-0.05, 0) is 191 Å². The highest BCUT2D eigenvalue weighted by molar-refractivity contribution is 6.04. The quantitative estimate of drug-likeness (QED) is 0.0515. The maximum atomic E-state index is 13.4. The van der Waals surface area contributed by atoms with Gasteiger partial charge in [-0.3, -0.25) is 0 Å². The molecule has 16 bridgehead atoms. The number of hydrogen-bond donors (Lipinski definition) is 6. The minimum Gasteiger partial charge on any atom is -0.478 e. The van der Waals surface area contributed by atoms with E-state index in [1.54, 1.807) is 12.1 Å². The zero-order valence-electron chi connectivity index (χ0n) is 58.1. The van der Waals surface area contributed by atoms with Gasteiger partial charge in [-0.25, -0.2) is 29.5 Å². The molecule has 512 valence electrons. The molecule has 12 heteroatoms. The SMILES string of the molecule is O=C(O)c1ccc(-c2c3nc(c(-c4ccccc4)c4ccc([nH]4)c(-c4ccccc4)c4nc(c(-c5ccccc5)c5ccc2[nH]5)C=C4)C=C3)cc1CCCCCc1cc(-c2c3nc(c(-c4ccccc4)c4ccc([nH]4)c(-c4ccccc4)c4nc(c(-c5ccccc5)c5ccc2[nH]5)C=C4)C=C3)ccc1C(=O)O. The minimum absolute atomic E-state index is 0.215. The monoisotopic (exact) mass is 1380 g/mol. The van der Waals surface area contributed by atoms with Crippen LogP contribution in [0.3, 0.4) is 0 Å². The van der Waals surface area contributed by atoms with Crippen LogP contribution in [0.1, 0.15) is 96.7 Å². The minimum atomic E-state index is -1.02. The summed E-state index contributed by atoms with van der Waals surface area (Å²) in [7, 11) is 0. The molecule has 0 atom stereocenters. The van der Waals surface area contributed by atoms with Crippen LogP contribution >= 0.6 is 0 Å². The Morgan fingerprint density at radius 1 is 0.234 bits per heavy atom. The molecular weight excluding hydrogens is 1320 g/mol. The molecule has 18 rings (SSSR count). The van der Waals surface area contributed by atoms with Gasteiger partial charge in [0, 0.05) is 88.6 Å². The highest BCUT2D eigenvalue weighted by Crippen LogP contribution is 2.43. The standard InChI is InChI=1S/C95H68N8O4/c104-94(105)68-38-36-66(92-82-52-48-78(100-82)88(60-26-12-3-13-27-60)74-44-40-70(96-74)86(58-22-8-1-9-23-58)71-41-45-75(97-71)89(61-28-14-4-15-29-61)79-49-53-83(92)101-79)56-64(68)34-20-7-21-35-65-57-67(37-39-69(65)95(106)107)93-84-54-50-80(102-84)90(62-30-16-5-17-31-62)76-46-42-72(98-76)87(59-24-10-2-11-25-59)73-43-47-77(99-73)91(63-32-18-6-19-33-63)81-51-55-85(93)103-81/h1-6,8-19,22-33,36-57,96,98,101,103H,7,20-21,34-35H2,(H,104,105)(H,106,107). The van der Waals surface area contributed by atoms with Crippen molar-refractivity contribution in [1.29, 1.82) is 0 Å². The molecule has 12 nitrogen and oxygen atoms in total. The van der Waals surface area contributed by atoms with E-state index in [-0.39, 0.29) is 11.1 Å². The maximum absolute atomic E-state index is 13.4. The fraction of sp³-hybridized carbons (Fsp3) is 0.0526. The van der Waals surface area contributed by atoms with E-state index in [4.69, 9.17) is 19.9 Å². The van der Waals surface area contributed by atoms with Crippen LogP contribution < -0.4 is 0 Å². The lowest BCUT2D eigenvalue weighted by atomic mass is 9.93. The first-order valence-corrected chi connectivity index (χ1v) is 36.1. The molecule has 0 spiro atoms. The van der Waals surface area contributed by atoms with E-state index in [9.17, 15) is 19.8 Å². The molecule has 107 heavy (non-hydrogen) atoms. The number of hydrogen-bond acceptors (Lipinski definition) is 6. The average molecular weight is 1390 g/mol. The van der Waals surface area contributed by atoms with Gasteiger partial charge in [0.2, 0.25) is 0 Å². The maximum Gasteiger partial charge on any atom is 0.335 e. The number of carbonyl (C=O) groups is 2. The number of carboxylic acid groups (broad SMARTS) is 2. The average Bonchev–Trinajstić information content (AvgIpc) is 1.65. The molecule has 0 fully saturated rings. The van der Waals surface area contributed by atoms with Gasteiger partial charge < -0.3 is 30.1 Å². The Bertz CT molecular complexity index is 5920. The van der Waals surface area contributed by atoms with Crippen molar-refractivity contribution in [3.8, 4) is 89.0 Å². The van der Waals surface area contributed by atoms with E-state index in [0.29, 0.717) is 54.6 Å². The van der Waals surface area contributed by atoms with Crippen LogP contribution in [-0.2, 0) is 12.8 Å². The molecule has 4 aliphatic rings.